The molecule has 0 spiro atoms. The molecule has 0 amide bonds. The fourth-order valence-electron chi connectivity index (χ4n) is 2.57. The van der Waals surface area contributed by atoms with Gasteiger partial charge in [0.1, 0.15) is 0 Å². The number of aromatic nitrogens is 1. The highest BCUT2D eigenvalue weighted by Gasteiger charge is 2.24. The third-order valence-electron chi connectivity index (χ3n) is 3.62. The zero-order valence-electron chi connectivity index (χ0n) is 11.2. The topological polar surface area (TPSA) is 79.5 Å². The van der Waals surface area contributed by atoms with Crippen LogP contribution in [0.2, 0.25) is 5.02 Å². The van der Waals surface area contributed by atoms with Crippen LogP contribution in [0.5, 0.6) is 0 Å². The van der Waals surface area contributed by atoms with Crippen molar-refractivity contribution in [3.8, 4) is 0 Å². The van der Waals surface area contributed by atoms with E-state index in [1.165, 1.54) is 4.31 Å². The molecule has 0 atom stereocenters. The fourth-order valence-corrected chi connectivity index (χ4v) is 3.40. The summed E-state index contributed by atoms with van der Waals surface area (Å²) in [5.41, 5.74) is 1.86. The average Bonchev–Trinajstić information content (AvgIpc) is 2.45. The maximum Gasteiger partial charge on any atom is 0.277 e. The molecule has 0 aliphatic carbocycles. The van der Waals surface area contributed by atoms with E-state index < -0.39 is 10.2 Å². The maximum absolute atomic E-state index is 11.3. The Bertz CT molecular complexity index is 773. The summed E-state index contributed by atoms with van der Waals surface area (Å²) in [5.74, 6) is 0. The number of halogens is 1. The largest absolute Gasteiger partial charge is 0.368 e. The minimum Gasteiger partial charge on any atom is -0.368 e. The van der Waals surface area contributed by atoms with Gasteiger partial charge in [-0.15, -0.1) is 0 Å². The third-order valence-corrected chi connectivity index (χ3v) is 4.94. The van der Waals surface area contributed by atoms with E-state index in [1.54, 1.807) is 6.20 Å². The molecular weight excluding hydrogens is 312 g/mol. The van der Waals surface area contributed by atoms with Crippen LogP contribution in [0, 0.1) is 0 Å². The lowest BCUT2D eigenvalue weighted by Crippen LogP contribution is -2.50. The highest BCUT2D eigenvalue weighted by atomic mass is 35.5. The predicted octanol–water partition coefficient (Wildman–Crippen LogP) is 1.21. The van der Waals surface area contributed by atoms with Gasteiger partial charge < -0.3 is 4.90 Å². The third kappa shape index (κ3) is 2.96. The van der Waals surface area contributed by atoms with Gasteiger partial charge in [-0.25, -0.2) is 5.14 Å². The number of rotatable bonds is 2. The van der Waals surface area contributed by atoms with Gasteiger partial charge in [0.05, 0.1) is 5.52 Å². The first-order chi connectivity index (χ1) is 9.95. The van der Waals surface area contributed by atoms with Gasteiger partial charge in [-0.2, -0.15) is 12.7 Å². The first kappa shape index (κ1) is 14.5. The van der Waals surface area contributed by atoms with Gasteiger partial charge in [-0.05, 0) is 24.3 Å². The molecule has 2 aromatic rings. The van der Waals surface area contributed by atoms with Crippen molar-refractivity contribution in [1.82, 2.24) is 9.29 Å². The van der Waals surface area contributed by atoms with E-state index in [0.717, 1.165) is 16.6 Å². The number of nitrogens with zero attached hydrogens (tertiary/aromatic N) is 3. The molecule has 1 fully saturated rings. The molecule has 0 radical (unpaired) electrons. The SMILES string of the molecule is NS(=O)(=O)N1CCN(c2ccnc3cc(Cl)ccc23)CC1. The minimum absolute atomic E-state index is 0.385. The van der Waals surface area contributed by atoms with Crippen molar-refractivity contribution in [2.75, 3.05) is 31.1 Å². The number of piperazine rings is 1. The van der Waals surface area contributed by atoms with Crippen molar-refractivity contribution in [3.05, 3.63) is 35.5 Å². The van der Waals surface area contributed by atoms with Crippen LogP contribution in [-0.4, -0.2) is 43.9 Å². The van der Waals surface area contributed by atoms with Crippen molar-refractivity contribution in [3.63, 3.8) is 0 Å². The van der Waals surface area contributed by atoms with Gasteiger partial charge in [0.2, 0.25) is 0 Å². The molecule has 0 saturated carbocycles. The zero-order valence-corrected chi connectivity index (χ0v) is 12.8. The lowest BCUT2D eigenvalue weighted by Gasteiger charge is -2.34. The minimum atomic E-state index is -3.60. The van der Waals surface area contributed by atoms with Gasteiger partial charge in [-0.3, -0.25) is 4.98 Å². The van der Waals surface area contributed by atoms with Crippen LogP contribution in [0.4, 0.5) is 5.69 Å². The van der Waals surface area contributed by atoms with E-state index in [1.807, 2.05) is 24.3 Å². The molecule has 3 rings (SSSR count). The standard InChI is InChI=1S/C13H15ClN4O2S/c14-10-1-2-11-12(9-10)16-4-3-13(11)17-5-7-18(8-6-17)21(15,19)20/h1-4,9H,5-8H2,(H2,15,19,20). The summed E-state index contributed by atoms with van der Waals surface area (Å²) < 4.78 is 24.0. The van der Waals surface area contributed by atoms with Gasteiger partial charge in [-0.1, -0.05) is 11.6 Å². The fraction of sp³-hybridized carbons (Fsp3) is 0.308. The predicted molar refractivity (Wildman–Crippen MR) is 83.6 cm³/mol. The van der Waals surface area contributed by atoms with Crippen LogP contribution >= 0.6 is 11.6 Å². The highest BCUT2D eigenvalue weighted by Crippen LogP contribution is 2.28. The maximum atomic E-state index is 11.3. The summed E-state index contributed by atoms with van der Waals surface area (Å²) in [4.78, 5) is 6.45. The summed E-state index contributed by atoms with van der Waals surface area (Å²) in [6.07, 6.45) is 1.74. The van der Waals surface area contributed by atoms with Crippen LogP contribution in [0.3, 0.4) is 0 Å². The normalized spacial score (nSPS) is 17.3. The molecule has 8 heteroatoms. The van der Waals surface area contributed by atoms with Gasteiger partial charge in [0.25, 0.3) is 10.2 Å². The molecule has 1 saturated heterocycles. The summed E-state index contributed by atoms with van der Waals surface area (Å²) in [7, 11) is -3.60. The number of fused-ring (bicyclic) bond motifs is 1. The second-order valence-corrected chi connectivity index (χ2v) is 6.91. The molecule has 1 aliphatic rings. The number of hydrogen-bond acceptors (Lipinski definition) is 4. The van der Waals surface area contributed by atoms with E-state index in [9.17, 15) is 8.42 Å². The van der Waals surface area contributed by atoms with Crippen LogP contribution in [0.25, 0.3) is 10.9 Å². The molecule has 2 heterocycles. The van der Waals surface area contributed by atoms with Crippen LogP contribution < -0.4 is 10.0 Å². The first-order valence-corrected chi connectivity index (χ1v) is 8.40. The summed E-state index contributed by atoms with van der Waals surface area (Å²) in [6, 6.07) is 7.52. The summed E-state index contributed by atoms with van der Waals surface area (Å²) in [6.45, 7) is 1.96. The molecule has 6 nitrogen and oxygen atoms in total. The second kappa shape index (κ2) is 5.42. The van der Waals surface area contributed by atoms with Crippen molar-refractivity contribution >= 4 is 38.4 Å². The van der Waals surface area contributed by atoms with Crippen LogP contribution in [0.1, 0.15) is 0 Å². The lowest BCUT2D eigenvalue weighted by atomic mass is 10.1. The Morgan fingerprint density at radius 1 is 1.14 bits per heavy atom. The van der Waals surface area contributed by atoms with Crippen LogP contribution in [-0.2, 0) is 10.2 Å². The molecule has 0 unspecified atom stereocenters. The van der Waals surface area contributed by atoms with Gasteiger partial charge in [0.15, 0.2) is 0 Å². The Balaban J connectivity index is 1.89. The number of pyridine rings is 1. The Morgan fingerprint density at radius 3 is 2.52 bits per heavy atom. The molecule has 21 heavy (non-hydrogen) atoms. The summed E-state index contributed by atoms with van der Waals surface area (Å²) in [5, 5.41) is 6.81. The Kier molecular flexibility index (Phi) is 3.75. The van der Waals surface area contributed by atoms with Crippen molar-refractivity contribution < 1.29 is 8.42 Å². The Labute approximate surface area is 128 Å². The van der Waals surface area contributed by atoms with E-state index in [4.69, 9.17) is 16.7 Å². The quantitative estimate of drug-likeness (QED) is 0.899. The van der Waals surface area contributed by atoms with Gasteiger partial charge in [0, 0.05) is 48.5 Å². The lowest BCUT2D eigenvalue weighted by molar-refractivity contribution is 0.386. The highest BCUT2D eigenvalue weighted by molar-refractivity contribution is 7.86. The average molecular weight is 327 g/mol. The van der Waals surface area contributed by atoms with Gasteiger partial charge >= 0.3 is 0 Å². The van der Waals surface area contributed by atoms with Crippen molar-refractivity contribution in [2.24, 2.45) is 5.14 Å². The van der Waals surface area contributed by atoms with E-state index >= 15 is 0 Å². The number of nitrogens with two attached hydrogens (primary N) is 1. The zero-order chi connectivity index (χ0) is 15.0. The molecule has 0 bridgehead atoms. The molecule has 112 valence electrons. The van der Waals surface area contributed by atoms with E-state index in [-0.39, 0.29) is 0 Å². The monoisotopic (exact) mass is 326 g/mol. The molecule has 2 N–H and O–H groups in total. The Morgan fingerprint density at radius 2 is 1.86 bits per heavy atom. The summed E-state index contributed by atoms with van der Waals surface area (Å²) >= 11 is 5.99. The molecular formula is C13H15ClN4O2S. The molecule has 1 aliphatic heterocycles. The van der Waals surface area contributed by atoms with Crippen molar-refractivity contribution in [1.29, 1.82) is 0 Å². The molecule has 1 aromatic heterocycles. The van der Waals surface area contributed by atoms with Crippen molar-refractivity contribution in [2.45, 2.75) is 0 Å². The van der Waals surface area contributed by atoms with E-state index in [0.29, 0.717) is 31.2 Å². The number of benzene rings is 1. The Hall–Kier alpha value is -1.41. The first-order valence-electron chi connectivity index (χ1n) is 6.52. The number of anilines is 1. The molecule has 1 aromatic carbocycles. The number of hydrogen-bond donors (Lipinski definition) is 1. The van der Waals surface area contributed by atoms with Crippen LogP contribution in [0.15, 0.2) is 30.5 Å². The second-order valence-electron chi connectivity index (χ2n) is 4.92. The van der Waals surface area contributed by atoms with E-state index in [2.05, 4.69) is 9.88 Å². The smallest absolute Gasteiger partial charge is 0.277 e.